The summed E-state index contributed by atoms with van der Waals surface area (Å²) in [5, 5.41) is 0. The van der Waals surface area contributed by atoms with Crippen LogP contribution in [-0.2, 0) is 4.79 Å². The summed E-state index contributed by atoms with van der Waals surface area (Å²) in [5.41, 5.74) is 10.5. The molecule has 1 atom stereocenters. The molecule has 0 heterocycles. The van der Waals surface area contributed by atoms with Crippen LogP contribution in [0.15, 0.2) is 6.07 Å². The maximum Gasteiger partial charge on any atom is 0.131 e. The number of carbonyl (C=O) groups is 1. The molecule has 1 rings (SSSR count). The average Bonchev–Trinajstić information content (AvgIpc) is 2.22. The molecule has 0 aliphatic heterocycles. The maximum atomic E-state index is 11.2. The van der Waals surface area contributed by atoms with Gasteiger partial charge in [-0.2, -0.15) is 0 Å². The van der Waals surface area contributed by atoms with Gasteiger partial charge in [0.2, 0.25) is 0 Å². The Morgan fingerprint density at radius 2 is 1.94 bits per heavy atom. The number of nitrogens with two attached hydrogens (primary N) is 1. The van der Waals surface area contributed by atoms with Crippen molar-refractivity contribution in [3.63, 3.8) is 0 Å². The van der Waals surface area contributed by atoms with E-state index in [0.717, 1.165) is 28.0 Å². The molecule has 1 unspecified atom stereocenters. The van der Waals surface area contributed by atoms with Crippen LogP contribution < -0.4 is 10.5 Å². The molecule has 3 nitrogen and oxygen atoms in total. The standard InChI is InChI=1S/C14H21NO2/c1-8-6-13(17-5)10(3)11(4)14(8)12(15)7-9(2)16/h6,12H,7,15H2,1-5H3. The van der Waals surface area contributed by atoms with Gasteiger partial charge in [0.15, 0.2) is 0 Å². The quantitative estimate of drug-likeness (QED) is 0.872. The van der Waals surface area contributed by atoms with Gasteiger partial charge in [0.25, 0.3) is 0 Å². The topological polar surface area (TPSA) is 52.3 Å². The first-order chi connectivity index (χ1) is 7.88. The van der Waals surface area contributed by atoms with E-state index in [1.165, 1.54) is 0 Å². The van der Waals surface area contributed by atoms with Crippen LogP contribution in [0.2, 0.25) is 0 Å². The van der Waals surface area contributed by atoms with Gasteiger partial charge in [-0.05, 0) is 56.0 Å². The first-order valence-electron chi connectivity index (χ1n) is 5.78. The number of carbonyl (C=O) groups excluding carboxylic acids is 1. The largest absolute Gasteiger partial charge is 0.496 e. The molecule has 17 heavy (non-hydrogen) atoms. The number of hydrogen-bond donors (Lipinski definition) is 1. The molecule has 0 spiro atoms. The first-order valence-corrected chi connectivity index (χ1v) is 5.78. The van der Waals surface area contributed by atoms with Crippen LogP contribution in [0.4, 0.5) is 0 Å². The van der Waals surface area contributed by atoms with Crippen LogP contribution >= 0.6 is 0 Å². The van der Waals surface area contributed by atoms with E-state index in [-0.39, 0.29) is 11.8 Å². The van der Waals surface area contributed by atoms with Crippen LogP contribution in [-0.4, -0.2) is 12.9 Å². The Bertz CT molecular complexity index is 438. The molecular formula is C14H21NO2. The average molecular weight is 235 g/mol. The van der Waals surface area contributed by atoms with Crippen molar-refractivity contribution in [2.75, 3.05) is 7.11 Å². The highest BCUT2D eigenvalue weighted by Gasteiger charge is 2.17. The van der Waals surface area contributed by atoms with Gasteiger partial charge in [-0.15, -0.1) is 0 Å². The smallest absolute Gasteiger partial charge is 0.131 e. The molecule has 0 bridgehead atoms. The maximum absolute atomic E-state index is 11.2. The number of benzene rings is 1. The van der Waals surface area contributed by atoms with E-state index in [4.69, 9.17) is 10.5 Å². The monoisotopic (exact) mass is 235 g/mol. The van der Waals surface area contributed by atoms with Crippen LogP contribution in [0.25, 0.3) is 0 Å². The summed E-state index contributed by atoms with van der Waals surface area (Å²) in [6, 6.07) is 1.76. The number of aryl methyl sites for hydroxylation is 1. The molecule has 0 saturated heterocycles. The molecule has 3 heteroatoms. The van der Waals surface area contributed by atoms with E-state index in [9.17, 15) is 4.79 Å². The van der Waals surface area contributed by atoms with Gasteiger partial charge in [0, 0.05) is 12.5 Å². The molecule has 0 aliphatic carbocycles. The van der Waals surface area contributed by atoms with Gasteiger partial charge in [-0.3, -0.25) is 4.79 Å². The third kappa shape index (κ3) is 2.86. The summed E-state index contributed by atoms with van der Waals surface area (Å²) in [5.74, 6) is 0.989. The van der Waals surface area contributed by atoms with Crippen LogP contribution in [0.1, 0.15) is 41.6 Å². The Morgan fingerprint density at radius 3 is 2.41 bits per heavy atom. The van der Waals surface area contributed by atoms with E-state index >= 15 is 0 Å². The summed E-state index contributed by atoms with van der Waals surface area (Å²) in [7, 11) is 1.66. The van der Waals surface area contributed by atoms with E-state index in [1.807, 2.05) is 26.8 Å². The minimum absolute atomic E-state index is 0.116. The van der Waals surface area contributed by atoms with Crippen molar-refractivity contribution in [2.24, 2.45) is 5.73 Å². The van der Waals surface area contributed by atoms with Gasteiger partial charge >= 0.3 is 0 Å². The summed E-state index contributed by atoms with van der Waals surface area (Å²) < 4.78 is 5.31. The zero-order valence-electron chi connectivity index (χ0n) is 11.3. The minimum Gasteiger partial charge on any atom is -0.496 e. The van der Waals surface area contributed by atoms with E-state index in [2.05, 4.69) is 0 Å². The molecular weight excluding hydrogens is 214 g/mol. The van der Waals surface area contributed by atoms with Gasteiger partial charge in [0.05, 0.1) is 7.11 Å². The van der Waals surface area contributed by atoms with Crippen LogP contribution in [0, 0.1) is 20.8 Å². The zero-order chi connectivity index (χ0) is 13.2. The molecule has 0 aromatic heterocycles. The fourth-order valence-electron chi connectivity index (χ4n) is 2.26. The van der Waals surface area contributed by atoms with Crippen molar-refractivity contribution >= 4 is 5.78 Å². The highest BCUT2D eigenvalue weighted by molar-refractivity contribution is 5.76. The lowest BCUT2D eigenvalue weighted by Gasteiger charge is -2.20. The van der Waals surface area contributed by atoms with E-state index in [0.29, 0.717) is 6.42 Å². The van der Waals surface area contributed by atoms with Crippen LogP contribution in [0.3, 0.4) is 0 Å². The Balaban J connectivity index is 3.25. The summed E-state index contributed by atoms with van der Waals surface area (Å²) in [4.78, 5) is 11.2. The zero-order valence-corrected chi connectivity index (χ0v) is 11.3. The molecule has 0 fully saturated rings. The number of Topliss-reactive ketones (excluding diaryl/α,β-unsaturated/α-hetero) is 1. The molecule has 2 N–H and O–H groups in total. The third-order valence-electron chi connectivity index (χ3n) is 3.21. The Labute approximate surface area is 103 Å². The predicted octanol–water partition coefficient (Wildman–Crippen LogP) is 2.60. The Hall–Kier alpha value is -1.35. The number of hydrogen-bond acceptors (Lipinski definition) is 3. The third-order valence-corrected chi connectivity index (χ3v) is 3.21. The summed E-state index contributed by atoms with van der Waals surface area (Å²) in [6.07, 6.45) is 0.382. The van der Waals surface area contributed by atoms with Crippen molar-refractivity contribution < 1.29 is 9.53 Å². The predicted molar refractivity (Wildman–Crippen MR) is 69.4 cm³/mol. The second-order valence-electron chi connectivity index (χ2n) is 4.57. The van der Waals surface area contributed by atoms with Gasteiger partial charge < -0.3 is 10.5 Å². The molecule has 1 aromatic rings. The van der Waals surface area contributed by atoms with Crippen molar-refractivity contribution in [1.82, 2.24) is 0 Å². The highest BCUT2D eigenvalue weighted by Crippen LogP contribution is 2.31. The number of ketones is 1. The lowest BCUT2D eigenvalue weighted by molar-refractivity contribution is -0.117. The van der Waals surface area contributed by atoms with Crippen molar-refractivity contribution in [3.8, 4) is 5.75 Å². The fraction of sp³-hybridized carbons (Fsp3) is 0.500. The SMILES string of the molecule is COc1cc(C)c(C(N)CC(C)=O)c(C)c1C. The van der Waals surface area contributed by atoms with Gasteiger partial charge in [-0.25, -0.2) is 0 Å². The molecule has 0 radical (unpaired) electrons. The van der Waals surface area contributed by atoms with Gasteiger partial charge in [-0.1, -0.05) is 0 Å². The molecule has 94 valence electrons. The molecule has 1 aromatic carbocycles. The molecule has 0 aliphatic rings. The highest BCUT2D eigenvalue weighted by atomic mass is 16.5. The second kappa shape index (κ2) is 5.32. The normalized spacial score (nSPS) is 12.4. The fourth-order valence-corrected chi connectivity index (χ4v) is 2.26. The second-order valence-corrected chi connectivity index (χ2v) is 4.57. The van der Waals surface area contributed by atoms with Crippen molar-refractivity contribution in [3.05, 3.63) is 28.3 Å². The summed E-state index contributed by atoms with van der Waals surface area (Å²) >= 11 is 0. The first kappa shape index (κ1) is 13.7. The minimum atomic E-state index is -0.225. The Kier molecular flexibility index (Phi) is 4.29. The lowest BCUT2D eigenvalue weighted by atomic mass is 9.90. The van der Waals surface area contributed by atoms with Crippen molar-refractivity contribution in [1.29, 1.82) is 0 Å². The molecule has 0 amide bonds. The molecule has 0 saturated carbocycles. The van der Waals surface area contributed by atoms with Gasteiger partial charge in [0.1, 0.15) is 11.5 Å². The number of ether oxygens (including phenoxy) is 1. The Morgan fingerprint density at radius 1 is 1.35 bits per heavy atom. The van der Waals surface area contributed by atoms with Crippen LogP contribution in [0.5, 0.6) is 5.75 Å². The van der Waals surface area contributed by atoms with Crippen molar-refractivity contribution in [2.45, 2.75) is 40.2 Å². The summed E-state index contributed by atoms with van der Waals surface area (Å²) in [6.45, 7) is 7.61. The van der Waals surface area contributed by atoms with E-state index in [1.54, 1.807) is 14.0 Å². The van der Waals surface area contributed by atoms with E-state index < -0.39 is 0 Å². The number of rotatable bonds is 4. The number of methoxy groups -OCH3 is 1. The lowest BCUT2D eigenvalue weighted by Crippen LogP contribution is -2.17.